The minimum absolute atomic E-state index is 0.712. The summed E-state index contributed by atoms with van der Waals surface area (Å²) in [6.07, 6.45) is 2.40. The molecule has 0 radical (unpaired) electrons. The molecule has 2 heterocycles. The molecule has 0 unspecified atom stereocenters. The van der Waals surface area contributed by atoms with Crippen molar-refractivity contribution in [3.63, 3.8) is 0 Å². The number of ether oxygens (including phenoxy) is 1. The van der Waals surface area contributed by atoms with Crippen molar-refractivity contribution in [3.05, 3.63) is 23.8 Å². The first-order valence-electron chi connectivity index (χ1n) is 7.07. The van der Waals surface area contributed by atoms with Crippen molar-refractivity contribution in [2.45, 2.75) is 19.8 Å². The van der Waals surface area contributed by atoms with E-state index in [0.29, 0.717) is 5.92 Å². The quantitative estimate of drug-likeness (QED) is 0.882. The maximum atomic E-state index is 6.01. The predicted molar refractivity (Wildman–Crippen MR) is 74.4 cm³/mol. The van der Waals surface area contributed by atoms with Crippen molar-refractivity contribution in [2.75, 3.05) is 38.1 Å². The van der Waals surface area contributed by atoms with Gasteiger partial charge < -0.3 is 15.0 Å². The molecule has 1 saturated heterocycles. The number of aryl methyl sites for hydroxylation is 1. The van der Waals surface area contributed by atoms with Crippen LogP contribution >= 0.6 is 0 Å². The molecule has 1 aromatic rings. The zero-order chi connectivity index (χ0) is 12.4. The molecule has 3 heteroatoms. The van der Waals surface area contributed by atoms with Crippen LogP contribution < -0.4 is 10.1 Å². The lowest BCUT2D eigenvalue weighted by Gasteiger charge is -2.38. The normalized spacial score (nSPS) is 19.8. The minimum atomic E-state index is 0.712. The Labute approximate surface area is 109 Å². The van der Waals surface area contributed by atoms with E-state index in [1.165, 1.54) is 43.7 Å². The number of fused-ring (bicyclic) bond motifs is 1. The highest BCUT2D eigenvalue weighted by Gasteiger charge is 2.26. The first-order chi connectivity index (χ1) is 8.86. The molecule has 1 aromatic carbocycles. The largest absolute Gasteiger partial charge is 0.491 e. The van der Waals surface area contributed by atoms with E-state index in [9.17, 15) is 0 Å². The number of anilines is 1. The van der Waals surface area contributed by atoms with Crippen molar-refractivity contribution in [2.24, 2.45) is 5.92 Å². The number of nitrogens with zero attached hydrogens (tertiary/aromatic N) is 1. The molecular formula is C15H22N2O. The van der Waals surface area contributed by atoms with Gasteiger partial charge in [-0.15, -0.1) is 0 Å². The van der Waals surface area contributed by atoms with Gasteiger partial charge in [-0.1, -0.05) is 19.1 Å². The van der Waals surface area contributed by atoms with Gasteiger partial charge in [-0.05, 0) is 31.0 Å². The second kappa shape index (κ2) is 5.19. The lowest BCUT2D eigenvalue weighted by molar-refractivity contribution is 0.0673. The fraction of sp³-hybridized carbons (Fsp3) is 0.600. The van der Waals surface area contributed by atoms with E-state index in [2.05, 4.69) is 35.3 Å². The Bertz CT molecular complexity index is 413. The summed E-state index contributed by atoms with van der Waals surface area (Å²) < 4.78 is 6.01. The topological polar surface area (TPSA) is 24.5 Å². The Morgan fingerprint density at radius 2 is 2.28 bits per heavy atom. The molecule has 2 aliphatic rings. The minimum Gasteiger partial charge on any atom is -0.491 e. The van der Waals surface area contributed by atoms with Crippen LogP contribution in [0.1, 0.15) is 18.9 Å². The fourth-order valence-corrected chi connectivity index (χ4v) is 2.85. The lowest BCUT2D eigenvalue weighted by atomic mass is 10.0. The molecule has 3 nitrogen and oxygen atoms in total. The van der Waals surface area contributed by atoms with Crippen LogP contribution in [0.4, 0.5) is 5.69 Å². The maximum absolute atomic E-state index is 6.01. The van der Waals surface area contributed by atoms with Gasteiger partial charge in [0.05, 0.1) is 12.3 Å². The number of hydrogen-bond acceptors (Lipinski definition) is 3. The molecule has 0 spiro atoms. The van der Waals surface area contributed by atoms with Crippen LogP contribution in [0.3, 0.4) is 0 Å². The molecular weight excluding hydrogens is 224 g/mol. The van der Waals surface area contributed by atoms with Gasteiger partial charge in [0.15, 0.2) is 0 Å². The number of rotatable bonds is 4. The van der Waals surface area contributed by atoms with E-state index in [4.69, 9.17) is 4.74 Å². The van der Waals surface area contributed by atoms with Crippen molar-refractivity contribution in [1.29, 1.82) is 0 Å². The van der Waals surface area contributed by atoms with E-state index in [1.807, 2.05) is 0 Å². The number of likely N-dealkylation sites (tertiary alicyclic amines) is 1. The average molecular weight is 246 g/mol. The molecule has 1 N–H and O–H groups in total. The van der Waals surface area contributed by atoms with Crippen molar-refractivity contribution in [1.82, 2.24) is 4.90 Å². The van der Waals surface area contributed by atoms with E-state index in [-0.39, 0.29) is 0 Å². The second-order valence-corrected chi connectivity index (χ2v) is 5.35. The van der Waals surface area contributed by atoms with Gasteiger partial charge in [0, 0.05) is 25.6 Å². The summed E-state index contributed by atoms with van der Waals surface area (Å²) >= 11 is 0. The van der Waals surface area contributed by atoms with Gasteiger partial charge in [0.2, 0.25) is 0 Å². The van der Waals surface area contributed by atoms with Crippen molar-refractivity contribution >= 4 is 5.69 Å². The fourth-order valence-electron chi connectivity index (χ4n) is 2.85. The molecule has 0 amide bonds. The Kier molecular flexibility index (Phi) is 3.41. The monoisotopic (exact) mass is 246 g/mol. The first kappa shape index (κ1) is 11.8. The second-order valence-electron chi connectivity index (χ2n) is 5.35. The van der Waals surface area contributed by atoms with Gasteiger partial charge >= 0.3 is 0 Å². The highest BCUT2D eigenvalue weighted by Crippen LogP contribution is 2.32. The highest BCUT2D eigenvalue weighted by atomic mass is 16.5. The predicted octanol–water partition coefficient (Wildman–Crippen LogP) is 2.38. The van der Waals surface area contributed by atoms with Gasteiger partial charge in [-0.3, -0.25) is 0 Å². The maximum Gasteiger partial charge on any atom is 0.142 e. The summed E-state index contributed by atoms with van der Waals surface area (Å²) in [5, 5.41) is 3.48. The zero-order valence-corrected chi connectivity index (χ0v) is 11.1. The summed E-state index contributed by atoms with van der Waals surface area (Å²) in [5.41, 5.74) is 2.64. The van der Waals surface area contributed by atoms with E-state index in [1.54, 1.807) is 0 Å². The molecule has 0 atom stereocenters. The average Bonchev–Trinajstić information content (AvgIpc) is 2.37. The number of nitrogens with one attached hydrogen (secondary N) is 1. The van der Waals surface area contributed by atoms with Gasteiger partial charge in [-0.2, -0.15) is 0 Å². The third kappa shape index (κ3) is 2.32. The van der Waals surface area contributed by atoms with Crippen molar-refractivity contribution in [3.8, 4) is 5.75 Å². The van der Waals surface area contributed by atoms with Crippen LogP contribution in [0.25, 0.3) is 0 Å². The van der Waals surface area contributed by atoms with Crippen LogP contribution in [0.15, 0.2) is 18.2 Å². The lowest BCUT2D eigenvalue weighted by Crippen LogP contribution is -2.48. The molecule has 18 heavy (non-hydrogen) atoms. The standard InChI is InChI=1S/C15H22N2O/c1-2-17-9-12(10-17)11-18-14-7-3-5-13-6-4-8-16-15(13)14/h3,5,7,12,16H,2,4,6,8-11H2,1H3. The van der Waals surface area contributed by atoms with E-state index >= 15 is 0 Å². The molecule has 0 bridgehead atoms. The summed E-state index contributed by atoms with van der Waals surface area (Å²) in [4.78, 5) is 2.45. The van der Waals surface area contributed by atoms with Crippen LogP contribution in [0.2, 0.25) is 0 Å². The number of para-hydroxylation sites is 1. The molecule has 2 aliphatic heterocycles. The number of hydrogen-bond donors (Lipinski definition) is 1. The number of benzene rings is 1. The Morgan fingerprint density at radius 3 is 3.11 bits per heavy atom. The molecule has 0 saturated carbocycles. The third-order valence-electron chi connectivity index (χ3n) is 3.99. The molecule has 98 valence electrons. The smallest absolute Gasteiger partial charge is 0.142 e. The zero-order valence-electron chi connectivity index (χ0n) is 11.1. The summed E-state index contributed by atoms with van der Waals surface area (Å²) in [7, 11) is 0. The van der Waals surface area contributed by atoms with Crippen LogP contribution in [0.5, 0.6) is 5.75 Å². The summed E-state index contributed by atoms with van der Waals surface area (Å²) in [5.74, 6) is 1.76. The van der Waals surface area contributed by atoms with Gasteiger partial charge in [-0.25, -0.2) is 0 Å². The Hall–Kier alpha value is -1.22. The highest BCUT2D eigenvalue weighted by molar-refractivity contribution is 5.63. The van der Waals surface area contributed by atoms with Gasteiger partial charge in [0.1, 0.15) is 5.75 Å². The van der Waals surface area contributed by atoms with Crippen LogP contribution in [-0.2, 0) is 6.42 Å². The Balaban J connectivity index is 1.59. The summed E-state index contributed by atoms with van der Waals surface area (Å²) in [6.45, 7) is 7.69. The van der Waals surface area contributed by atoms with E-state index in [0.717, 1.165) is 18.9 Å². The SMILES string of the molecule is CCN1CC(COc2cccc3c2NCCC3)C1. The third-order valence-corrected chi connectivity index (χ3v) is 3.99. The molecule has 1 fully saturated rings. The molecule has 0 aliphatic carbocycles. The first-order valence-corrected chi connectivity index (χ1v) is 7.07. The van der Waals surface area contributed by atoms with Gasteiger partial charge in [0.25, 0.3) is 0 Å². The molecule has 3 rings (SSSR count). The molecule has 0 aromatic heterocycles. The van der Waals surface area contributed by atoms with Crippen LogP contribution in [-0.4, -0.2) is 37.7 Å². The van der Waals surface area contributed by atoms with Crippen molar-refractivity contribution < 1.29 is 4.74 Å². The van der Waals surface area contributed by atoms with Crippen LogP contribution in [0, 0.1) is 5.92 Å². The summed E-state index contributed by atoms with van der Waals surface area (Å²) in [6, 6.07) is 6.41. The Morgan fingerprint density at radius 1 is 1.39 bits per heavy atom. The van der Waals surface area contributed by atoms with E-state index < -0.39 is 0 Å².